The molecule has 1 aliphatic rings. The summed E-state index contributed by atoms with van der Waals surface area (Å²) in [6.45, 7) is 17.6. The van der Waals surface area contributed by atoms with Crippen LogP contribution in [0.25, 0.3) is 0 Å². The van der Waals surface area contributed by atoms with Crippen molar-refractivity contribution in [2.45, 2.75) is 72.2 Å². The van der Waals surface area contributed by atoms with Crippen LogP contribution in [0.4, 0.5) is 0 Å². The SMILES string of the molecule is CC(C)/C=C1/C(=O)CC(C)C1O[Si](C)(C)C(C)(C)C. The quantitative estimate of drug-likeness (QED) is 0.560. The lowest BCUT2D eigenvalue weighted by atomic mass is 10.0. The number of ketones is 1. The van der Waals surface area contributed by atoms with Gasteiger partial charge in [0.2, 0.25) is 0 Å². The molecule has 2 unspecified atom stereocenters. The third-order valence-electron chi connectivity index (χ3n) is 4.39. The molecule has 3 heteroatoms. The molecule has 0 aliphatic heterocycles. The van der Waals surface area contributed by atoms with Gasteiger partial charge in [-0.1, -0.05) is 47.6 Å². The minimum Gasteiger partial charge on any atom is -0.410 e. The molecular weight excluding hydrogens is 252 g/mol. The monoisotopic (exact) mass is 282 g/mol. The fraction of sp³-hybridized carbons (Fsp3) is 0.812. The van der Waals surface area contributed by atoms with E-state index in [9.17, 15) is 4.79 Å². The molecule has 19 heavy (non-hydrogen) atoms. The molecule has 0 saturated heterocycles. The Kier molecular flexibility index (Phi) is 4.84. The van der Waals surface area contributed by atoms with Crippen molar-refractivity contribution in [1.29, 1.82) is 0 Å². The maximum atomic E-state index is 12.1. The van der Waals surface area contributed by atoms with Gasteiger partial charge in [-0.3, -0.25) is 4.79 Å². The molecule has 0 radical (unpaired) electrons. The van der Waals surface area contributed by atoms with Gasteiger partial charge in [-0.15, -0.1) is 0 Å². The normalized spacial score (nSPS) is 27.6. The van der Waals surface area contributed by atoms with Crippen molar-refractivity contribution in [3.63, 3.8) is 0 Å². The number of carbonyl (C=O) groups is 1. The Morgan fingerprint density at radius 1 is 1.32 bits per heavy atom. The van der Waals surface area contributed by atoms with Crippen LogP contribution in [0.3, 0.4) is 0 Å². The number of hydrogen-bond donors (Lipinski definition) is 0. The Balaban J connectivity index is 3.01. The molecule has 1 rings (SSSR count). The van der Waals surface area contributed by atoms with Gasteiger partial charge in [-0.05, 0) is 30.0 Å². The highest BCUT2D eigenvalue weighted by atomic mass is 28.4. The molecule has 110 valence electrons. The average molecular weight is 282 g/mol. The maximum absolute atomic E-state index is 12.1. The van der Waals surface area contributed by atoms with Gasteiger partial charge in [-0.2, -0.15) is 0 Å². The number of Topliss-reactive ketones (excluding diaryl/α,β-unsaturated/α-hetero) is 1. The first-order valence-corrected chi connectivity index (χ1v) is 10.3. The minimum atomic E-state index is -1.83. The predicted molar refractivity (Wildman–Crippen MR) is 83.8 cm³/mol. The van der Waals surface area contributed by atoms with Crippen LogP contribution < -0.4 is 0 Å². The molecule has 0 bridgehead atoms. The van der Waals surface area contributed by atoms with Crippen LogP contribution in [-0.2, 0) is 9.22 Å². The Morgan fingerprint density at radius 2 is 1.84 bits per heavy atom. The van der Waals surface area contributed by atoms with Crippen LogP contribution in [0.2, 0.25) is 18.1 Å². The van der Waals surface area contributed by atoms with E-state index in [1.807, 2.05) is 0 Å². The highest BCUT2D eigenvalue weighted by Crippen LogP contribution is 2.41. The van der Waals surface area contributed by atoms with E-state index < -0.39 is 8.32 Å². The van der Waals surface area contributed by atoms with Gasteiger partial charge in [0.05, 0.1) is 6.10 Å². The largest absolute Gasteiger partial charge is 0.410 e. The van der Waals surface area contributed by atoms with Gasteiger partial charge in [0, 0.05) is 12.0 Å². The molecule has 0 amide bonds. The second kappa shape index (κ2) is 5.53. The van der Waals surface area contributed by atoms with Gasteiger partial charge < -0.3 is 4.43 Å². The Morgan fingerprint density at radius 3 is 2.26 bits per heavy atom. The lowest BCUT2D eigenvalue weighted by Gasteiger charge is -2.39. The average Bonchev–Trinajstić information content (AvgIpc) is 2.42. The zero-order valence-electron chi connectivity index (χ0n) is 13.8. The second-order valence-corrected chi connectivity index (χ2v) is 12.5. The number of allylic oxidation sites excluding steroid dienone is 1. The van der Waals surface area contributed by atoms with E-state index in [2.05, 4.69) is 60.7 Å². The molecule has 1 fully saturated rings. The lowest BCUT2D eigenvalue weighted by molar-refractivity contribution is -0.114. The summed E-state index contributed by atoms with van der Waals surface area (Å²) in [7, 11) is -1.83. The molecule has 0 aromatic rings. The first-order valence-electron chi connectivity index (χ1n) is 7.38. The van der Waals surface area contributed by atoms with Gasteiger partial charge in [0.15, 0.2) is 14.1 Å². The standard InChI is InChI=1S/C16H30O2Si/c1-11(2)9-13-14(17)10-12(3)15(13)18-19(7,8)16(4,5)6/h9,11-12,15H,10H2,1-8H3/b13-9-. The summed E-state index contributed by atoms with van der Waals surface area (Å²) in [6, 6.07) is 0. The minimum absolute atomic E-state index is 0.00999. The Hall–Kier alpha value is -0.413. The van der Waals surface area contributed by atoms with Crippen molar-refractivity contribution in [2.75, 3.05) is 0 Å². The Bertz CT molecular complexity index is 375. The zero-order valence-corrected chi connectivity index (χ0v) is 14.8. The van der Waals surface area contributed by atoms with Crippen LogP contribution in [0.5, 0.6) is 0 Å². The number of rotatable bonds is 3. The van der Waals surface area contributed by atoms with Crippen molar-refractivity contribution >= 4 is 14.1 Å². The molecular formula is C16H30O2Si. The van der Waals surface area contributed by atoms with E-state index in [0.717, 1.165) is 5.57 Å². The summed E-state index contributed by atoms with van der Waals surface area (Å²) in [6.07, 6.45) is 2.75. The fourth-order valence-electron chi connectivity index (χ4n) is 2.20. The van der Waals surface area contributed by atoms with Crippen molar-refractivity contribution in [1.82, 2.24) is 0 Å². The predicted octanol–water partition coefficient (Wildman–Crippen LogP) is 4.57. The van der Waals surface area contributed by atoms with E-state index in [4.69, 9.17) is 4.43 Å². The molecule has 2 atom stereocenters. The molecule has 0 aromatic heterocycles. The third-order valence-corrected chi connectivity index (χ3v) is 8.85. The van der Waals surface area contributed by atoms with Crippen LogP contribution in [0.15, 0.2) is 11.6 Å². The number of carbonyl (C=O) groups excluding carboxylic acids is 1. The van der Waals surface area contributed by atoms with Crippen LogP contribution in [-0.4, -0.2) is 20.2 Å². The van der Waals surface area contributed by atoms with Crippen LogP contribution in [0.1, 0.15) is 48.0 Å². The van der Waals surface area contributed by atoms with Gasteiger partial charge in [-0.25, -0.2) is 0 Å². The molecule has 0 N–H and O–H groups in total. The molecule has 1 saturated carbocycles. The zero-order chi connectivity index (χ0) is 15.0. The summed E-state index contributed by atoms with van der Waals surface area (Å²) in [5, 5.41) is 0.182. The van der Waals surface area contributed by atoms with Crippen molar-refractivity contribution in [3.8, 4) is 0 Å². The summed E-state index contributed by atoms with van der Waals surface area (Å²) in [5.41, 5.74) is 0.923. The smallest absolute Gasteiger partial charge is 0.192 e. The molecule has 1 aliphatic carbocycles. The number of hydrogen-bond acceptors (Lipinski definition) is 2. The van der Waals surface area contributed by atoms with Gasteiger partial charge in [0.1, 0.15) is 0 Å². The van der Waals surface area contributed by atoms with Crippen molar-refractivity contribution < 1.29 is 9.22 Å². The van der Waals surface area contributed by atoms with E-state index in [0.29, 0.717) is 18.3 Å². The summed E-state index contributed by atoms with van der Waals surface area (Å²) >= 11 is 0. The molecule has 2 nitrogen and oxygen atoms in total. The van der Waals surface area contributed by atoms with Gasteiger partial charge >= 0.3 is 0 Å². The first-order chi connectivity index (χ1) is 8.45. The molecule has 0 spiro atoms. The van der Waals surface area contributed by atoms with E-state index in [-0.39, 0.29) is 16.9 Å². The van der Waals surface area contributed by atoms with Crippen molar-refractivity contribution in [3.05, 3.63) is 11.6 Å². The third kappa shape index (κ3) is 3.79. The topological polar surface area (TPSA) is 26.3 Å². The first kappa shape index (κ1) is 16.6. The van der Waals surface area contributed by atoms with Crippen LogP contribution in [0, 0.1) is 11.8 Å². The van der Waals surface area contributed by atoms with Gasteiger partial charge in [0.25, 0.3) is 0 Å². The van der Waals surface area contributed by atoms with E-state index in [1.54, 1.807) is 0 Å². The Labute approximate surface area is 119 Å². The fourth-order valence-corrected chi connectivity index (χ4v) is 3.55. The molecule has 0 aromatic carbocycles. The van der Waals surface area contributed by atoms with Crippen LogP contribution >= 0.6 is 0 Å². The molecule has 0 heterocycles. The highest BCUT2D eigenvalue weighted by molar-refractivity contribution is 6.74. The summed E-state index contributed by atoms with van der Waals surface area (Å²) in [5.74, 6) is 0.992. The van der Waals surface area contributed by atoms with E-state index in [1.165, 1.54) is 0 Å². The second-order valence-electron chi connectivity index (χ2n) is 7.77. The van der Waals surface area contributed by atoms with E-state index >= 15 is 0 Å². The summed E-state index contributed by atoms with van der Waals surface area (Å²) in [4.78, 5) is 12.1. The lowest BCUT2D eigenvalue weighted by Crippen LogP contribution is -2.45. The van der Waals surface area contributed by atoms with Crippen molar-refractivity contribution in [2.24, 2.45) is 11.8 Å². The highest BCUT2D eigenvalue weighted by Gasteiger charge is 2.44. The summed E-state index contributed by atoms with van der Waals surface area (Å²) < 4.78 is 6.51. The maximum Gasteiger partial charge on any atom is 0.192 e.